The Morgan fingerprint density at radius 2 is 1.39 bits per heavy atom. The van der Waals surface area contributed by atoms with E-state index >= 15 is 0 Å². The smallest absolute Gasteiger partial charge is 0.264 e. The van der Waals surface area contributed by atoms with Gasteiger partial charge in [0.15, 0.2) is 0 Å². The fourth-order valence-corrected chi connectivity index (χ4v) is 6.44. The molecule has 1 aliphatic heterocycles. The Balaban J connectivity index is 1.36. The lowest BCUT2D eigenvalue weighted by molar-refractivity contribution is 0.0651. The lowest BCUT2D eigenvalue weighted by Gasteiger charge is -2.35. The minimum absolute atomic E-state index is 0.114. The molecule has 4 aromatic carbocycles. The highest BCUT2D eigenvalue weighted by Crippen LogP contribution is 2.30. The minimum Gasteiger partial charge on any atom is -0.336 e. The Morgan fingerprint density at radius 3 is 2.07 bits per heavy atom. The second kappa shape index (κ2) is 13.0. The van der Waals surface area contributed by atoms with Gasteiger partial charge in [0, 0.05) is 32.7 Å². The second-order valence-electron chi connectivity index (χ2n) is 10.2. The maximum Gasteiger partial charge on any atom is 0.264 e. The van der Waals surface area contributed by atoms with Crippen LogP contribution in [0.15, 0.2) is 120 Å². The predicted molar refractivity (Wildman–Crippen MR) is 165 cm³/mol. The van der Waals surface area contributed by atoms with Gasteiger partial charge in [-0.15, -0.1) is 0 Å². The lowest BCUT2D eigenvalue weighted by Crippen LogP contribution is -2.49. The first-order valence-electron chi connectivity index (χ1n) is 13.9. The zero-order valence-electron chi connectivity index (χ0n) is 23.3. The number of carbonyl (C=O) groups excluding carboxylic acids is 1. The summed E-state index contributed by atoms with van der Waals surface area (Å²) in [5, 5.41) is 0. The zero-order chi connectivity index (χ0) is 28.7. The number of anilines is 1. The van der Waals surface area contributed by atoms with E-state index in [4.69, 9.17) is 0 Å². The van der Waals surface area contributed by atoms with E-state index in [2.05, 4.69) is 29.2 Å². The lowest BCUT2D eigenvalue weighted by atomic mass is 10.1. The Bertz CT molecular complexity index is 1580. The van der Waals surface area contributed by atoms with Crippen molar-refractivity contribution >= 4 is 27.7 Å². The third-order valence-electron chi connectivity index (χ3n) is 7.31. The normalized spacial score (nSPS) is 14.3. The van der Waals surface area contributed by atoms with E-state index in [1.807, 2.05) is 60.4 Å². The Hall–Kier alpha value is -4.20. The molecule has 0 radical (unpaired) electrons. The molecule has 5 rings (SSSR count). The summed E-state index contributed by atoms with van der Waals surface area (Å²) < 4.78 is 29.4. The Morgan fingerprint density at radius 1 is 0.780 bits per heavy atom. The summed E-state index contributed by atoms with van der Waals surface area (Å²) in [6, 6.07) is 33.5. The third-order valence-corrected chi connectivity index (χ3v) is 9.09. The number of rotatable bonds is 9. The molecule has 0 aliphatic carbocycles. The summed E-state index contributed by atoms with van der Waals surface area (Å²) in [4.78, 5) is 18.2. The third kappa shape index (κ3) is 6.93. The molecule has 7 heteroatoms. The van der Waals surface area contributed by atoms with E-state index in [-0.39, 0.29) is 17.3 Å². The number of aryl methyl sites for hydroxylation is 1. The van der Waals surface area contributed by atoms with Gasteiger partial charge < -0.3 is 4.90 Å². The second-order valence-corrected chi connectivity index (χ2v) is 12.1. The summed E-state index contributed by atoms with van der Waals surface area (Å²) in [6.45, 7) is 5.51. The average Bonchev–Trinajstić information content (AvgIpc) is 3.01. The van der Waals surface area contributed by atoms with Gasteiger partial charge in [0.25, 0.3) is 15.9 Å². The van der Waals surface area contributed by atoms with Gasteiger partial charge in [0.2, 0.25) is 0 Å². The van der Waals surface area contributed by atoms with Crippen LogP contribution in [0.5, 0.6) is 0 Å². The van der Waals surface area contributed by atoms with E-state index in [1.165, 1.54) is 9.87 Å². The van der Waals surface area contributed by atoms with Crippen LogP contribution in [-0.2, 0) is 16.6 Å². The largest absolute Gasteiger partial charge is 0.336 e. The molecular weight excluding hydrogens is 530 g/mol. The number of piperazine rings is 1. The Labute approximate surface area is 243 Å². The highest BCUT2D eigenvalue weighted by Gasteiger charge is 2.30. The van der Waals surface area contributed by atoms with Crippen LogP contribution in [0, 0.1) is 6.92 Å². The van der Waals surface area contributed by atoms with Crippen LogP contribution in [0.1, 0.15) is 27.0 Å². The SMILES string of the molecule is Cc1ccc(S(=O)(=O)N(Cc2ccccc2)c2ccccc2C(=O)N2CCN(C/C=C/c3ccccc3)CC2)cc1. The number of hydrogen-bond donors (Lipinski definition) is 0. The first-order valence-corrected chi connectivity index (χ1v) is 15.3. The number of benzene rings is 4. The fourth-order valence-electron chi connectivity index (χ4n) is 4.96. The summed E-state index contributed by atoms with van der Waals surface area (Å²) in [5.74, 6) is -0.155. The van der Waals surface area contributed by atoms with Gasteiger partial charge in [-0.25, -0.2) is 8.42 Å². The molecule has 1 fully saturated rings. The number of sulfonamides is 1. The summed E-state index contributed by atoms with van der Waals surface area (Å²) in [7, 11) is -3.95. The van der Waals surface area contributed by atoms with Crippen molar-refractivity contribution in [3.63, 3.8) is 0 Å². The van der Waals surface area contributed by atoms with Gasteiger partial charge in [0.1, 0.15) is 0 Å². The molecule has 0 N–H and O–H groups in total. The molecule has 1 amide bonds. The molecule has 0 aromatic heterocycles. The highest BCUT2D eigenvalue weighted by molar-refractivity contribution is 7.92. The van der Waals surface area contributed by atoms with Crippen molar-refractivity contribution in [2.45, 2.75) is 18.4 Å². The first kappa shape index (κ1) is 28.3. The molecule has 0 bridgehead atoms. The number of hydrogen-bond acceptors (Lipinski definition) is 4. The molecule has 0 saturated carbocycles. The van der Waals surface area contributed by atoms with Gasteiger partial charge in [-0.1, -0.05) is 103 Å². The highest BCUT2D eigenvalue weighted by atomic mass is 32.2. The van der Waals surface area contributed by atoms with Crippen molar-refractivity contribution in [1.29, 1.82) is 0 Å². The van der Waals surface area contributed by atoms with Gasteiger partial charge in [-0.2, -0.15) is 0 Å². The molecule has 4 aromatic rings. The van der Waals surface area contributed by atoms with Crippen LogP contribution in [0.3, 0.4) is 0 Å². The van der Waals surface area contributed by atoms with Crippen LogP contribution in [0.2, 0.25) is 0 Å². The van der Waals surface area contributed by atoms with E-state index in [0.717, 1.165) is 30.8 Å². The van der Waals surface area contributed by atoms with Gasteiger partial charge in [0.05, 0.1) is 22.7 Å². The van der Waals surface area contributed by atoms with Crippen molar-refractivity contribution in [1.82, 2.24) is 9.80 Å². The van der Waals surface area contributed by atoms with Crippen molar-refractivity contribution in [2.75, 3.05) is 37.0 Å². The average molecular weight is 566 g/mol. The minimum atomic E-state index is -3.95. The van der Waals surface area contributed by atoms with Gasteiger partial charge in [-0.05, 0) is 42.3 Å². The molecule has 1 saturated heterocycles. The molecule has 6 nitrogen and oxygen atoms in total. The molecule has 0 unspecified atom stereocenters. The van der Waals surface area contributed by atoms with Crippen LogP contribution >= 0.6 is 0 Å². The van der Waals surface area contributed by atoms with Crippen LogP contribution in [-0.4, -0.2) is 56.8 Å². The number of nitrogens with zero attached hydrogens (tertiary/aromatic N) is 3. The number of para-hydroxylation sites is 1. The molecule has 1 heterocycles. The van der Waals surface area contributed by atoms with Crippen LogP contribution < -0.4 is 4.31 Å². The standard InChI is InChI=1S/C34H35N3O3S/c1-28-18-20-31(21-19-28)41(39,40)37(27-30-13-6-3-7-14-30)33-17-9-8-16-32(33)34(38)36-25-23-35(24-26-36)22-10-15-29-11-4-2-5-12-29/h2-21H,22-27H2,1H3/b15-10+. The maximum atomic E-state index is 14.0. The van der Waals surface area contributed by atoms with Gasteiger partial charge in [-0.3, -0.25) is 14.0 Å². The quantitative estimate of drug-likeness (QED) is 0.255. The van der Waals surface area contributed by atoms with Gasteiger partial charge >= 0.3 is 0 Å². The van der Waals surface area contributed by atoms with Crippen LogP contribution in [0.4, 0.5) is 5.69 Å². The van der Waals surface area contributed by atoms with Crippen molar-refractivity contribution in [3.8, 4) is 0 Å². The first-order chi connectivity index (χ1) is 19.9. The molecule has 1 aliphatic rings. The van der Waals surface area contributed by atoms with Crippen molar-refractivity contribution in [2.24, 2.45) is 0 Å². The number of amides is 1. The zero-order valence-corrected chi connectivity index (χ0v) is 24.1. The van der Waals surface area contributed by atoms with E-state index < -0.39 is 10.0 Å². The maximum absolute atomic E-state index is 14.0. The van der Waals surface area contributed by atoms with E-state index in [9.17, 15) is 13.2 Å². The van der Waals surface area contributed by atoms with Crippen molar-refractivity contribution < 1.29 is 13.2 Å². The molecule has 41 heavy (non-hydrogen) atoms. The molecule has 0 spiro atoms. The van der Waals surface area contributed by atoms with E-state index in [0.29, 0.717) is 24.3 Å². The molecular formula is C34H35N3O3S. The van der Waals surface area contributed by atoms with Crippen molar-refractivity contribution in [3.05, 3.63) is 138 Å². The number of carbonyl (C=O) groups is 1. The molecule has 210 valence electrons. The summed E-state index contributed by atoms with van der Waals surface area (Å²) in [5.41, 5.74) is 3.75. The topological polar surface area (TPSA) is 60.9 Å². The van der Waals surface area contributed by atoms with Crippen LogP contribution in [0.25, 0.3) is 6.08 Å². The molecule has 0 atom stereocenters. The summed E-state index contributed by atoms with van der Waals surface area (Å²) in [6.07, 6.45) is 4.27. The summed E-state index contributed by atoms with van der Waals surface area (Å²) >= 11 is 0. The Kier molecular flexibility index (Phi) is 8.97. The van der Waals surface area contributed by atoms with E-state index in [1.54, 1.807) is 48.5 Å². The monoisotopic (exact) mass is 565 g/mol. The predicted octanol–water partition coefficient (Wildman–Crippen LogP) is 5.86. The fraction of sp³-hybridized carbons (Fsp3) is 0.206.